The van der Waals surface area contributed by atoms with Crippen molar-refractivity contribution in [2.45, 2.75) is 161 Å². The number of allylic oxidation sites excluding steroid dienone is 5. The summed E-state index contributed by atoms with van der Waals surface area (Å²) in [5.74, 6) is -0.432. The number of aliphatic hydroxyl groups excluding tert-OH is 3. The van der Waals surface area contributed by atoms with E-state index in [9.17, 15) is 29.3 Å². The summed E-state index contributed by atoms with van der Waals surface area (Å²) < 4.78 is 32.4. The van der Waals surface area contributed by atoms with Crippen LogP contribution in [0.25, 0.3) is 0 Å². The Balaban J connectivity index is 4.54. The van der Waals surface area contributed by atoms with E-state index in [2.05, 4.69) is 37.4 Å². The number of rotatable bonds is 34. The van der Waals surface area contributed by atoms with E-state index in [1.54, 1.807) is 12.2 Å². The highest BCUT2D eigenvalue weighted by Gasteiger charge is 2.27. The zero-order valence-corrected chi connectivity index (χ0v) is 32.0. The van der Waals surface area contributed by atoms with E-state index in [1.807, 2.05) is 12.2 Å². The number of hydrogen-bond acceptors (Lipinski definition) is 10. The fourth-order valence-corrected chi connectivity index (χ4v) is 5.62. The first kappa shape index (κ1) is 48.1. The molecule has 0 aromatic rings. The van der Waals surface area contributed by atoms with Crippen molar-refractivity contribution in [2.24, 2.45) is 5.92 Å². The van der Waals surface area contributed by atoms with Gasteiger partial charge in [-0.3, -0.25) is 18.6 Å². The van der Waals surface area contributed by atoms with Gasteiger partial charge < -0.3 is 29.7 Å². The molecule has 0 spiro atoms. The van der Waals surface area contributed by atoms with E-state index in [0.29, 0.717) is 25.2 Å². The number of ether oxygens (including phenoxy) is 2. The van der Waals surface area contributed by atoms with Crippen LogP contribution >= 0.6 is 7.82 Å². The smallest absolute Gasteiger partial charge is 0.462 e. The molecule has 4 atom stereocenters. The molecule has 0 aliphatic carbocycles. The third-order valence-electron chi connectivity index (χ3n) is 7.83. The molecule has 50 heavy (non-hydrogen) atoms. The molecular formula is C38H69O11P. The number of carbonyl (C=O) groups is 2. The van der Waals surface area contributed by atoms with Crippen molar-refractivity contribution in [3.8, 4) is 0 Å². The lowest BCUT2D eigenvalue weighted by molar-refractivity contribution is -0.161. The molecule has 0 aliphatic rings. The molecular weight excluding hydrogens is 663 g/mol. The van der Waals surface area contributed by atoms with Gasteiger partial charge in [0.2, 0.25) is 0 Å². The van der Waals surface area contributed by atoms with Crippen LogP contribution in [0.5, 0.6) is 0 Å². The normalized spacial score (nSPS) is 15.2. The van der Waals surface area contributed by atoms with Crippen LogP contribution in [-0.2, 0) is 32.7 Å². The van der Waals surface area contributed by atoms with Crippen LogP contribution in [0.3, 0.4) is 0 Å². The second kappa shape index (κ2) is 33.0. The highest BCUT2D eigenvalue weighted by molar-refractivity contribution is 7.47. The van der Waals surface area contributed by atoms with Crippen molar-refractivity contribution in [3.05, 3.63) is 36.5 Å². The van der Waals surface area contributed by atoms with E-state index in [1.165, 1.54) is 51.4 Å². The van der Waals surface area contributed by atoms with Crippen molar-refractivity contribution < 1.29 is 52.9 Å². The summed E-state index contributed by atoms with van der Waals surface area (Å²) in [5, 5.41) is 28.4. The number of phosphoric acid groups is 1. The molecule has 0 aromatic heterocycles. The Kier molecular flexibility index (Phi) is 31.8. The molecule has 292 valence electrons. The van der Waals surface area contributed by atoms with E-state index in [-0.39, 0.29) is 12.8 Å². The molecule has 0 saturated carbocycles. The van der Waals surface area contributed by atoms with Crippen LogP contribution in [0.1, 0.15) is 143 Å². The van der Waals surface area contributed by atoms with Gasteiger partial charge in [0.25, 0.3) is 0 Å². The number of esters is 2. The zero-order chi connectivity index (χ0) is 37.3. The van der Waals surface area contributed by atoms with E-state index in [0.717, 1.165) is 38.5 Å². The number of aliphatic hydroxyl groups is 3. The van der Waals surface area contributed by atoms with Crippen LogP contribution < -0.4 is 0 Å². The Morgan fingerprint density at radius 1 is 0.720 bits per heavy atom. The minimum Gasteiger partial charge on any atom is -0.462 e. The summed E-state index contributed by atoms with van der Waals surface area (Å²) in [7, 11) is -4.65. The average Bonchev–Trinajstić information content (AvgIpc) is 3.08. The quantitative estimate of drug-likeness (QED) is 0.0166. The molecule has 0 amide bonds. The Morgan fingerprint density at radius 2 is 1.36 bits per heavy atom. The SMILES string of the molecule is CCCCCCCC/C=C/C/C=C/C=C/C(O)CCCC(=O)OC[C@H](COP(=O)(O)OC[C@@H](O)CO)OC(=O)CCCCCCCCC(C)C. The van der Waals surface area contributed by atoms with Gasteiger partial charge in [-0.25, -0.2) is 4.57 Å². The number of carbonyl (C=O) groups excluding carboxylic acids is 2. The third-order valence-corrected chi connectivity index (χ3v) is 8.78. The molecule has 0 heterocycles. The predicted octanol–water partition coefficient (Wildman–Crippen LogP) is 8.05. The first-order valence-corrected chi connectivity index (χ1v) is 20.4. The van der Waals surface area contributed by atoms with Gasteiger partial charge in [0.1, 0.15) is 12.7 Å². The second-order valence-corrected chi connectivity index (χ2v) is 14.7. The lowest BCUT2D eigenvalue weighted by Crippen LogP contribution is -2.30. The molecule has 2 unspecified atom stereocenters. The summed E-state index contributed by atoms with van der Waals surface area (Å²) in [5.41, 5.74) is 0. The van der Waals surface area contributed by atoms with Gasteiger partial charge in [-0.15, -0.1) is 0 Å². The van der Waals surface area contributed by atoms with E-state index >= 15 is 0 Å². The number of phosphoric ester groups is 1. The van der Waals surface area contributed by atoms with Gasteiger partial charge >= 0.3 is 19.8 Å². The molecule has 0 fully saturated rings. The molecule has 0 rings (SSSR count). The first-order valence-electron chi connectivity index (χ1n) is 18.9. The lowest BCUT2D eigenvalue weighted by Gasteiger charge is -2.20. The van der Waals surface area contributed by atoms with Crippen LogP contribution in [0.2, 0.25) is 0 Å². The highest BCUT2D eigenvalue weighted by Crippen LogP contribution is 2.43. The minimum absolute atomic E-state index is 0.0173. The van der Waals surface area contributed by atoms with Gasteiger partial charge in [0.15, 0.2) is 6.10 Å². The second-order valence-electron chi connectivity index (χ2n) is 13.3. The summed E-state index contributed by atoms with van der Waals surface area (Å²) in [6.07, 6.45) is 26.2. The lowest BCUT2D eigenvalue weighted by atomic mass is 10.0. The zero-order valence-electron chi connectivity index (χ0n) is 31.1. The van der Waals surface area contributed by atoms with Crippen molar-refractivity contribution in [1.29, 1.82) is 0 Å². The maximum Gasteiger partial charge on any atom is 0.472 e. The Labute approximate surface area is 302 Å². The van der Waals surface area contributed by atoms with Crippen molar-refractivity contribution in [2.75, 3.05) is 26.4 Å². The monoisotopic (exact) mass is 732 g/mol. The van der Waals surface area contributed by atoms with Crippen LogP contribution in [0.15, 0.2) is 36.5 Å². The van der Waals surface area contributed by atoms with Crippen molar-refractivity contribution in [3.63, 3.8) is 0 Å². The van der Waals surface area contributed by atoms with Gasteiger partial charge in [0.05, 0.1) is 25.9 Å². The molecule has 0 saturated heterocycles. The Hall–Kier alpha value is -1.85. The molecule has 11 nitrogen and oxygen atoms in total. The van der Waals surface area contributed by atoms with Gasteiger partial charge in [-0.05, 0) is 44.4 Å². The van der Waals surface area contributed by atoms with E-state index in [4.69, 9.17) is 19.1 Å². The van der Waals surface area contributed by atoms with Crippen molar-refractivity contribution in [1.82, 2.24) is 0 Å². The largest absolute Gasteiger partial charge is 0.472 e. The number of hydrogen-bond donors (Lipinski definition) is 4. The molecule has 0 aliphatic heterocycles. The minimum atomic E-state index is -4.65. The fourth-order valence-electron chi connectivity index (χ4n) is 4.83. The Morgan fingerprint density at radius 3 is 2.06 bits per heavy atom. The average molecular weight is 733 g/mol. The molecule has 0 bridgehead atoms. The number of unbranched alkanes of at least 4 members (excludes halogenated alkanes) is 11. The van der Waals surface area contributed by atoms with Gasteiger partial charge in [0, 0.05) is 12.8 Å². The predicted molar refractivity (Wildman–Crippen MR) is 197 cm³/mol. The van der Waals surface area contributed by atoms with Gasteiger partial charge in [-0.2, -0.15) is 0 Å². The first-order chi connectivity index (χ1) is 24.0. The molecule has 12 heteroatoms. The summed E-state index contributed by atoms with van der Waals surface area (Å²) in [6, 6.07) is 0. The van der Waals surface area contributed by atoms with Crippen LogP contribution in [0.4, 0.5) is 0 Å². The van der Waals surface area contributed by atoms with Gasteiger partial charge in [-0.1, -0.05) is 128 Å². The van der Waals surface area contributed by atoms with Crippen LogP contribution in [0, 0.1) is 5.92 Å². The maximum absolute atomic E-state index is 12.5. The van der Waals surface area contributed by atoms with Crippen LogP contribution in [-0.4, -0.2) is 76.9 Å². The summed E-state index contributed by atoms with van der Waals surface area (Å²) in [6.45, 7) is 4.33. The molecule has 0 radical (unpaired) electrons. The van der Waals surface area contributed by atoms with E-state index < -0.39 is 64.5 Å². The molecule has 4 N–H and O–H groups in total. The summed E-state index contributed by atoms with van der Waals surface area (Å²) in [4.78, 5) is 34.7. The topological polar surface area (TPSA) is 169 Å². The third kappa shape index (κ3) is 33.3. The highest BCUT2D eigenvalue weighted by atomic mass is 31.2. The van der Waals surface area contributed by atoms with Crippen molar-refractivity contribution >= 4 is 19.8 Å². The fraction of sp³-hybridized carbons (Fsp3) is 0.789. The maximum atomic E-state index is 12.5. The molecule has 0 aromatic carbocycles. The summed E-state index contributed by atoms with van der Waals surface area (Å²) >= 11 is 0. The Bertz CT molecular complexity index is 966. The standard InChI is InChI=1S/C38H69O11P/c1-4-5-6-7-8-9-10-11-12-13-14-18-21-25-34(40)26-23-28-37(42)46-31-36(32-48-50(44,45)47-30-35(41)29-39)49-38(43)27-22-19-16-15-17-20-24-33(2)3/h11-12,14,18,21,25,33-36,39-41H,4-10,13,15-17,19-20,22-24,26-32H2,1-3H3,(H,44,45)/b12-11+,18-14+,25-21+/t34?,35-,36+/m0/s1.